The molecule has 0 bridgehead atoms. The van der Waals surface area contributed by atoms with Gasteiger partial charge in [-0.15, -0.1) is 0 Å². The summed E-state index contributed by atoms with van der Waals surface area (Å²) >= 11 is 0. The van der Waals surface area contributed by atoms with Crippen LogP contribution < -0.4 is 0 Å². The molecule has 0 aromatic carbocycles. The molecule has 1 saturated heterocycles. The molecule has 1 aromatic heterocycles. The van der Waals surface area contributed by atoms with Gasteiger partial charge in [0.25, 0.3) is 0 Å². The molecule has 0 spiro atoms. The van der Waals surface area contributed by atoms with Crippen molar-refractivity contribution < 1.29 is 9.59 Å². The molecule has 256 valence electrons. The van der Waals surface area contributed by atoms with E-state index in [4.69, 9.17) is 0 Å². The molecule has 6 aliphatic rings. The minimum absolute atomic E-state index is 0.0308. The largest absolute Gasteiger partial charge is 0.340 e. The molecule has 0 radical (unpaired) electrons. The van der Waals surface area contributed by atoms with Crippen LogP contribution in [0.25, 0.3) is 6.08 Å². The lowest BCUT2D eigenvalue weighted by Crippen LogP contribution is -2.66. The molecule has 5 heteroatoms. The first-order chi connectivity index (χ1) is 22.2. The predicted molar refractivity (Wildman–Crippen MR) is 190 cm³/mol. The second kappa shape index (κ2) is 11.4. The van der Waals surface area contributed by atoms with Crippen molar-refractivity contribution in [3.63, 3.8) is 0 Å². The second-order valence-electron chi connectivity index (χ2n) is 18.2. The van der Waals surface area contributed by atoms with Crippen molar-refractivity contribution in [2.45, 2.75) is 107 Å². The highest BCUT2D eigenvalue weighted by molar-refractivity contribution is 6.04. The van der Waals surface area contributed by atoms with Crippen molar-refractivity contribution in [3.05, 3.63) is 47.3 Å². The van der Waals surface area contributed by atoms with Crippen LogP contribution in [0.15, 0.2) is 41.7 Å². The number of Topliss-reactive ketones (excluding diaryl/α,β-unsaturated/α-hetero) is 1. The van der Waals surface area contributed by atoms with Gasteiger partial charge in [0.2, 0.25) is 5.91 Å². The minimum atomic E-state index is -0.388. The third-order valence-corrected chi connectivity index (χ3v) is 16.2. The van der Waals surface area contributed by atoms with Crippen LogP contribution in [-0.2, 0) is 9.59 Å². The van der Waals surface area contributed by atoms with Crippen LogP contribution in [0.3, 0.4) is 0 Å². The van der Waals surface area contributed by atoms with E-state index in [0.717, 1.165) is 88.8 Å². The summed E-state index contributed by atoms with van der Waals surface area (Å²) in [6.45, 7) is 24.3. The summed E-state index contributed by atoms with van der Waals surface area (Å²) in [5.41, 5.74) is 3.29. The Kier molecular flexibility index (Phi) is 8.05. The monoisotopic (exact) mass is 639 g/mol. The number of hydrogen-bond donors (Lipinski definition) is 0. The van der Waals surface area contributed by atoms with E-state index in [1.165, 1.54) is 6.42 Å². The molecule has 1 aliphatic heterocycles. The Morgan fingerprint density at radius 2 is 1.64 bits per heavy atom. The van der Waals surface area contributed by atoms with Crippen molar-refractivity contribution in [2.75, 3.05) is 32.7 Å². The molecule has 5 nitrogen and oxygen atoms in total. The van der Waals surface area contributed by atoms with Crippen molar-refractivity contribution in [1.29, 1.82) is 0 Å². The average Bonchev–Trinajstić information content (AvgIpc) is 3.05. The van der Waals surface area contributed by atoms with E-state index in [9.17, 15) is 9.59 Å². The molecular formula is C42H61N3O2. The first-order valence-electron chi connectivity index (χ1n) is 19.1. The Hall–Kier alpha value is -2.27. The summed E-state index contributed by atoms with van der Waals surface area (Å²) < 4.78 is 0. The lowest BCUT2D eigenvalue weighted by molar-refractivity contribution is -0.184. The van der Waals surface area contributed by atoms with Gasteiger partial charge in [0.1, 0.15) is 0 Å². The Labute approximate surface area is 285 Å². The number of pyridine rings is 1. The smallest absolute Gasteiger partial charge is 0.229 e. The molecular weight excluding hydrogens is 578 g/mol. The fourth-order valence-corrected chi connectivity index (χ4v) is 13.1. The number of carbonyl (C=O) groups excluding carboxylic acids is 2. The normalized spacial score (nSPS) is 44.1. The van der Waals surface area contributed by atoms with Gasteiger partial charge in [-0.3, -0.25) is 14.6 Å². The highest BCUT2D eigenvalue weighted by atomic mass is 16.2. The molecule has 4 saturated carbocycles. The van der Waals surface area contributed by atoms with E-state index in [0.29, 0.717) is 41.3 Å². The van der Waals surface area contributed by atoms with Crippen molar-refractivity contribution in [1.82, 2.24) is 14.8 Å². The quantitative estimate of drug-likeness (QED) is 0.246. The van der Waals surface area contributed by atoms with Crippen LogP contribution in [-0.4, -0.2) is 59.2 Å². The number of fused-ring (bicyclic) bond motifs is 7. The lowest BCUT2D eigenvalue weighted by atomic mass is 9.33. The summed E-state index contributed by atoms with van der Waals surface area (Å²) in [5.74, 6) is 3.14. The molecule has 1 aromatic rings. The summed E-state index contributed by atoms with van der Waals surface area (Å²) in [6, 6.07) is 4.05. The minimum Gasteiger partial charge on any atom is -0.340 e. The molecule has 2 heterocycles. The summed E-state index contributed by atoms with van der Waals surface area (Å²) in [5, 5.41) is 0. The summed E-state index contributed by atoms with van der Waals surface area (Å²) in [6.07, 6.45) is 17.0. The number of amides is 1. The van der Waals surface area contributed by atoms with Gasteiger partial charge in [-0.1, -0.05) is 67.0 Å². The maximum absolute atomic E-state index is 14.9. The number of rotatable bonds is 3. The molecule has 7 rings (SSSR count). The fraction of sp³-hybridized carbons (Fsp3) is 0.738. The third-order valence-electron chi connectivity index (χ3n) is 16.2. The second-order valence-corrected chi connectivity index (χ2v) is 18.2. The van der Waals surface area contributed by atoms with Gasteiger partial charge in [-0.05, 0) is 133 Å². The topological polar surface area (TPSA) is 53.5 Å². The first kappa shape index (κ1) is 33.2. The van der Waals surface area contributed by atoms with Crippen LogP contribution >= 0.6 is 0 Å². The van der Waals surface area contributed by atoms with E-state index in [-0.39, 0.29) is 27.1 Å². The first-order valence-corrected chi connectivity index (χ1v) is 19.1. The fourth-order valence-electron chi connectivity index (χ4n) is 13.1. The maximum atomic E-state index is 14.9. The number of ketones is 1. The van der Waals surface area contributed by atoms with Gasteiger partial charge >= 0.3 is 0 Å². The van der Waals surface area contributed by atoms with E-state index < -0.39 is 0 Å². The zero-order chi connectivity index (χ0) is 33.6. The van der Waals surface area contributed by atoms with Crippen LogP contribution in [0.5, 0.6) is 0 Å². The Morgan fingerprint density at radius 1 is 0.936 bits per heavy atom. The summed E-state index contributed by atoms with van der Waals surface area (Å²) in [4.78, 5) is 38.0. The van der Waals surface area contributed by atoms with E-state index >= 15 is 0 Å². The van der Waals surface area contributed by atoms with Crippen LogP contribution in [0.1, 0.15) is 112 Å². The molecule has 0 unspecified atom stereocenters. The number of hydrogen-bond acceptors (Lipinski definition) is 4. The van der Waals surface area contributed by atoms with Gasteiger partial charge in [-0.2, -0.15) is 0 Å². The molecule has 5 fully saturated rings. The highest BCUT2D eigenvalue weighted by Crippen LogP contribution is 2.76. The number of likely N-dealkylation sites (N-methyl/N-ethyl adjacent to an activating group) is 1. The summed E-state index contributed by atoms with van der Waals surface area (Å²) in [7, 11) is 0. The van der Waals surface area contributed by atoms with Crippen molar-refractivity contribution in [2.24, 2.45) is 56.7 Å². The standard InChI is InChI=1S/C42H61N3O2/c1-9-44-22-24-45(25-23-44)37(47)42-17-12-28(2)29(3)35(42)32-10-11-34-39(6)27-31(26-30-14-20-43-21-15-30)36(46)38(4,5)33(39)13-16-41(34,8)40(32,7)18-19-42/h10,14-15,20-21,26,28-29,33-35H,9,11-13,16-19,22-25,27H2,1-8H3/b31-26-/t28-,29+,33+,34-,35-,39+,40-,41-,42+/m1/s1. The number of carbonyl (C=O) groups is 2. The number of allylic oxidation sites excluding steroid dienone is 3. The van der Waals surface area contributed by atoms with Crippen LogP contribution in [0.4, 0.5) is 0 Å². The van der Waals surface area contributed by atoms with Crippen molar-refractivity contribution in [3.8, 4) is 0 Å². The van der Waals surface area contributed by atoms with Crippen molar-refractivity contribution >= 4 is 17.8 Å². The van der Waals surface area contributed by atoms with Gasteiger partial charge in [0, 0.05) is 44.0 Å². The van der Waals surface area contributed by atoms with Gasteiger partial charge < -0.3 is 9.80 Å². The Bertz CT molecular complexity index is 1470. The zero-order valence-corrected chi connectivity index (χ0v) is 30.7. The predicted octanol–water partition coefficient (Wildman–Crippen LogP) is 8.47. The SMILES string of the molecule is CCN1CCN(C(=O)[C@]23CC[C@@H](C)[C@H](C)[C@@H]2C2=CC[C@@H]4[C@@]5(C)C/C(=C/c6ccncc6)C(=O)C(C)(C)[C@@H]5CC[C@@]4(C)[C@]2(C)CC3)CC1. The third kappa shape index (κ3) is 4.67. The maximum Gasteiger partial charge on any atom is 0.229 e. The molecule has 0 N–H and O–H groups in total. The Morgan fingerprint density at radius 3 is 2.32 bits per heavy atom. The average molecular weight is 640 g/mol. The molecule has 9 atom stereocenters. The van der Waals surface area contributed by atoms with E-state index in [1.807, 2.05) is 24.5 Å². The van der Waals surface area contributed by atoms with E-state index in [2.05, 4.69) is 82.3 Å². The Balaban J connectivity index is 1.28. The van der Waals surface area contributed by atoms with E-state index in [1.54, 1.807) is 5.57 Å². The highest BCUT2D eigenvalue weighted by Gasteiger charge is 2.70. The lowest BCUT2D eigenvalue weighted by Gasteiger charge is -2.71. The molecule has 5 aliphatic carbocycles. The molecule has 1 amide bonds. The zero-order valence-electron chi connectivity index (χ0n) is 30.7. The number of nitrogens with zero attached hydrogens (tertiary/aromatic N) is 3. The number of piperazine rings is 1. The van der Waals surface area contributed by atoms with Crippen LogP contribution in [0.2, 0.25) is 0 Å². The van der Waals surface area contributed by atoms with Gasteiger partial charge in [-0.25, -0.2) is 0 Å². The molecule has 47 heavy (non-hydrogen) atoms. The number of aromatic nitrogens is 1. The van der Waals surface area contributed by atoms with Gasteiger partial charge in [0.05, 0.1) is 5.41 Å². The van der Waals surface area contributed by atoms with Crippen LogP contribution in [0, 0.1) is 56.7 Å². The van der Waals surface area contributed by atoms with Gasteiger partial charge in [0.15, 0.2) is 5.78 Å².